The second-order valence-corrected chi connectivity index (χ2v) is 8.35. The first-order valence-corrected chi connectivity index (χ1v) is 9.51. The Bertz CT molecular complexity index is 697. The van der Waals surface area contributed by atoms with Gasteiger partial charge in [-0.1, -0.05) is 6.92 Å². The van der Waals surface area contributed by atoms with E-state index in [2.05, 4.69) is 13.0 Å². The van der Waals surface area contributed by atoms with E-state index in [1.165, 1.54) is 18.1 Å². The summed E-state index contributed by atoms with van der Waals surface area (Å²) in [6.07, 6.45) is 6.35. The van der Waals surface area contributed by atoms with E-state index in [9.17, 15) is 9.90 Å². The zero-order chi connectivity index (χ0) is 17.8. The van der Waals surface area contributed by atoms with Crippen LogP contribution in [-0.2, 0) is 11.2 Å². The molecule has 0 heterocycles. The standard InChI is InChI=1S/C21H28O4/c1-12(22)25-19-10-13-4-5-15-14(16(13)11-18(19)24-3)8-9-21(2)17(15)6-7-20(21)23/h10-11,14-15,17,20,23H,4-9H2,1-3H3/t14?,15?,17?,20-,21-/m0/s1. The molecule has 0 aromatic heterocycles. The van der Waals surface area contributed by atoms with Crippen LogP contribution in [0.15, 0.2) is 12.1 Å². The summed E-state index contributed by atoms with van der Waals surface area (Å²) >= 11 is 0. The van der Waals surface area contributed by atoms with Crippen LogP contribution in [0.4, 0.5) is 0 Å². The van der Waals surface area contributed by atoms with E-state index in [1.807, 2.05) is 6.07 Å². The average molecular weight is 344 g/mol. The first-order valence-electron chi connectivity index (χ1n) is 9.51. The minimum atomic E-state index is -0.319. The largest absolute Gasteiger partial charge is 0.493 e. The van der Waals surface area contributed by atoms with Gasteiger partial charge in [-0.05, 0) is 85.0 Å². The summed E-state index contributed by atoms with van der Waals surface area (Å²) in [5, 5.41) is 10.5. The highest BCUT2D eigenvalue weighted by atomic mass is 16.6. The summed E-state index contributed by atoms with van der Waals surface area (Å²) in [5.74, 6) is 2.66. The van der Waals surface area contributed by atoms with E-state index in [0.717, 1.165) is 38.5 Å². The van der Waals surface area contributed by atoms with Gasteiger partial charge < -0.3 is 14.6 Å². The number of ether oxygens (including phenoxy) is 2. The average Bonchev–Trinajstić information content (AvgIpc) is 2.89. The van der Waals surface area contributed by atoms with Crippen LogP contribution in [-0.4, -0.2) is 24.3 Å². The van der Waals surface area contributed by atoms with Crippen LogP contribution in [0.25, 0.3) is 0 Å². The Morgan fingerprint density at radius 1 is 1.20 bits per heavy atom. The van der Waals surface area contributed by atoms with Gasteiger partial charge in [0, 0.05) is 6.92 Å². The van der Waals surface area contributed by atoms with E-state index in [0.29, 0.717) is 29.3 Å². The van der Waals surface area contributed by atoms with Crippen molar-refractivity contribution in [1.82, 2.24) is 0 Å². The Morgan fingerprint density at radius 3 is 2.72 bits per heavy atom. The van der Waals surface area contributed by atoms with Gasteiger partial charge >= 0.3 is 5.97 Å². The number of hydrogen-bond acceptors (Lipinski definition) is 4. The third kappa shape index (κ3) is 2.57. The number of esters is 1. The monoisotopic (exact) mass is 344 g/mol. The van der Waals surface area contributed by atoms with Crippen molar-refractivity contribution in [3.05, 3.63) is 23.3 Å². The Morgan fingerprint density at radius 2 is 2.00 bits per heavy atom. The molecular formula is C21H28O4. The maximum atomic E-state index is 11.4. The van der Waals surface area contributed by atoms with E-state index in [1.54, 1.807) is 7.11 Å². The second kappa shape index (κ2) is 6.01. The van der Waals surface area contributed by atoms with Gasteiger partial charge in [-0.2, -0.15) is 0 Å². The zero-order valence-electron chi connectivity index (χ0n) is 15.4. The second-order valence-electron chi connectivity index (χ2n) is 8.35. The lowest BCUT2D eigenvalue weighted by Crippen LogP contribution is -2.43. The summed E-state index contributed by atoms with van der Waals surface area (Å²) < 4.78 is 10.8. The molecule has 136 valence electrons. The fraction of sp³-hybridized carbons (Fsp3) is 0.667. The van der Waals surface area contributed by atoms with Crippen molar-refractivity contribution in [2.45, 2.75) is 64.4 Å². The molecule has 1 aromatic rings. The van der Waals surface area contributed by atoms with Crippen LogP contribution in [0.5, 0.6) is 11.5 Å². The number of hydrogen-bond donors (Lipinski definition) is 1. The minimum Gasteiger partial charge on any atom is -0.493 e. The molecule has 4 heteroatoms. The summed E-state index contributed by atoms with van der Waals surface area (Å²) in [5.41, 5.74) is 2.76. The van der Waals surface area contributed by atoms with Crippen molar-refractivity contribution in [1.29, 1.82) is 0 Å². The fourth-order valence-electron chi connectivity index (χ4n) is 5.94. The summed E-state index contributed by atoms with van der Waals surface area (Å²) in [6.45, 7) is 3.72. The minimum absolute atomic E-state index is 0.0977. The van der Waals surface area contributed by atoms with Gasteiger partial charge in [-0.25, -0.2) is 0 Å². The van der Waals surface area contributed by atoms with E-state index in [4.69, 9.17) is 9.47 Å². The summed E-state index contributed by atoms with van der Waals surface area (Å²) in [4.78, 5) is 11.4. The molecule has 0 spiro atoms. The first-order chi connectivity index (χ1) is 11.9. The number of benzene rings is 1. The predicted octanol–water partition coefficient (Wildman–Crippen LogP) is 3.84. The van der Waals surface area contributed by atoms with Crippen LogP contribution in [0, 0.1) is 17.3 Å². The maximum Gasteiger partial charge on any atom is 0.308 e. The topological polar surface area (TPSA) is 55.8 Å². The number of aliphatic hydroxyl groups is 1. The lowest BCUT2D eigenvalue weighted by Gasteiger charge is -2.50. The third-order valence-corrected chi connectivity index (χ3v) is 7.21. The molecule has 0 aliphatic heterocycles. The number of aliphatic hydroxyl groups excluding tert-OH is 1. The molecule has 3 aliphatic rings. The Labute approximate surface area is 149 Å². The van der Waals surface area contributed by atoms with Crippen LogP contribution in [0.1, 0.15) is 63.0 Å². The molecule has 3 unspecified atom stereocenters. The van der Waals surface area contributed by atoms with Crippen molar-refractivity contribution in [2.75, 3.05) is 7.11 Å². The predicted molar refractivity (Wildman–Crippen MR) is 94.9 cm³/mol. The van der Waals surface area contributed by atoms with Crippen LogP contribution < -0.4 is 9.47 Å². The number of fused-ring (bicyclic) bond motifs is 5. The number of aryl methyl sites for hydroxylation is 1. The number of carbonyl (C=O) groups excluding carboxylic acids is 1. The summed E-state index contributed by atoms with van der Waals surface area (Å²) in [7, 11) is 1.63. The highest BCUT2D eigenvalue weighted by Gasteiger charge is 2.54. The van der Waals surface area contributed by atoms with Crippen LogP contribution in [0.2, 0.25) is 0 Å². The van der Waals surface area contributed by atoms with Crippen LogP contribution in [0.3, 0.4) is 0 Å². The van der Waals surface area contributed by atoms with Gasteiger partial charge in [0.2, 0.25) is 0 Å². The third-order valence-electron chi connectivity index (χ3n) is 7.21. The first kappa shape index (κ1) is 16.9. The highest BCUT2D eigenvalue weighted by molar-refractivity contribution is 5.71. The number of methoxy groups -OCH3 is 1. The molecule has 3 aliphatic carbocycles. The lowest BCUT2D eigenvalue weighted by molar-refractivity contribution is -0.132. The van der Waals surface area contributed by atoms with Gasteiger partial charge in [-0.15, -0.1) is 0 Å². The van der Waals surface area contributed by atoms with Crippen molar-refractivity contribution in [3.63, 3.8) is 0 Å². The van der Waals surface area contributed by atoms with Gasteiger partial charge in [-0.3, -0.25) is 4.79 Å². The molecule has 0 bridgehead atoms. The van der Waals surface area contributed by atoms with E-state index < -0.39 is 0 Å². The molecule has 0 radical (unpaired) electrons. The zero-order valence-corrected chi connectivity index (χ0v) is 15.4. The molecule has 4 nitrogen and oxygen atoms in total. The van der Waals surface area contributed by atoms with Gasteiger partial charge in [0.25, 0.3) is 0 Å². The van der Waals surface area contributed by atoms with Crippen molar-refractivity contribution >= 4 is 5.97 Å². The molecule has 0 saturated heterocycles. The van der Waals surface area contributed by atoms with Gasteiger partial charge in [0.1, 0.15) is 0 Å². The Hall–Kier alpha value is -1.55. The molecule has 4 rings (SSSR count). The molecule has 0 amide bonds. The van der Waals surface area contributed by atoms with Crippen LogP contribution >= 0.6 is 0 Å². The SMILES string of the molecule is COc1cc2c(cc1OC(C)=O)CCC1C2CC[C@@]2(C)C1CC[C@@H]2O. The molecule has 1 N–H and O–H groups in total. The lowest BCUT2D eigenvalue weighted by atomic mass is 9.55. The fourth-order valence-corrected chi connectivity index (χ4v) is 5.94. The highest BCUT2D eigenvalue weighted by Crippen LogP contribution is 2.61. The van der Waals surface area contributed by atoms with Gasteiger partial charge in [0.15, 0.2) is 11.5 Å². The molecular weight excluding hydrogens is 316 g/mol. The van der Waals surface area contributed by atoms with Crippen molar-refractivity contribution < 1.29 is 19.4 Å². The molecule has 2 saturated carbocycles. The Kier molecular flexibility index (Phi) is 4.06. The van der Waals surface area contributed by atoms with Crippen molar-refractivity contribution in [2.24, 2.45) is 17.3 Å². The van der Waals surface area contributed by atoms with Gasteiger partial charge in [0.05, 0.1) is 13.2 Å². The maximum absolute atomic E-state index is 11.4. The molecule has 25 heavy (non-hydrogen) atoms. The molecule has 1 aromatic carbocycles. The van der Waals surface area contributed by atoms with E-state index in [-0.39, 0.29) is 17.5 Å². The van der Waals surface area contributed by atoms with Crippen molar-refractivity contribution in [3.8, 4) is 11.5 Å². The quantitative estimate of drug-likeness (QED) is 0.654. The summed E-state index contributed by atoms with van der Waals surface area (Å²) in [6, 6.07) is 4.10. The smallest absolute Gasteiger partial charge is 0.308 e. The van der Waals surface area contributed by atoms with E-state index >= 15 is 0 Å². The Balaban J connectivity index is 1.70. The normalized spacial score (nSPS) is 36.2. The molecule has 5 atom stereocenters. The number of rotatable bonds is 2. The molecule has 2 fully saturated rings. The number of carbonyl (C=O) groups is 1.